The average Bonchev–Trinajstić information content (AvgIpc) is 2.02. The maximum Gasteiger partial charge on any atom is 0.0266 e. The van der Waals surface area contributed by atoms with Crippen LogP contribution in [0.5, 0.6) is 0 Å². The van der Waals surface area contributed by atoms with Gasteiger partial charge in [-0.05, 0) is 18.1 Å². The highest BCUT2D eigenvalue weighted by molar-refractivity contribution is 8.00. The van der Waals surface area contributed by atoms with E-state index in [1.807, 2.05) is 18.7 Å². The zero-order chi connectivity index (χ0) is 9.26. The molecule has 0 radical (unpaired) electrons. The second kappa shape index (κ2) is 3.72. The summed E-state index contributed by atoms with van der Waals surface area (Å²) in [6.07, 6.45) is 0. The Kier molecular flexibility index (Phi) is 2.61. The monoisotopic (exact) mass is 193 g/mol. The Morgan fingerprint density at radius 2 is 1.92 bits per heavy atom. The van der Waals surface area contributed by atoms with E-state index in [2.05, 4.69) is 24.3 Å². The SMILES string of the molecule is CC(N)c1ccc(C2CSC2)cc1. The van der Waals surface area contributed by atoms with Crippen LogP contribution in [-0.2, 0) is 0 Å². The summed E-state index contributed by atoms with van der Waals surface area (Å²) in [5, 5.41) is 0. The average molecular weight is 193 g/mol. The number of hydrogen-bond acceptors (Lipinski definition) is 2. The summed E-state index contributed by atoms with van der Waals surface area (Å²) in [6.45, 7) is 2.02. The minimum absolute atomic E-state index is 0.157. The molecule has 1 saturated heterocycles. The molecular weight excluding hydrogens is 178 g/mol. The van der Waals surface area contributed by atoms with Crippen molar-refractivity contribution in [2.24, 2.45) is 5.73 Å². The summed E-state index contributed by atoms with van der Waals surface area (Å²) >= 11 is 2.03. The lowest BCUT2D eigenvalue weighted by atomic mass is 9.99. The molecule has 0 amide bonds. The summed E-state index contributed by atoms with van der Waals surface area (Å²) in [7, 11) is 0. The minimum atomic E-state index is 0.157. The van der Waals surface area contributed by atoms with Crippen molar-refractivity contribution in [3.8, 4) is 0 Å². The van der Waals surface area contributed by atoms with Crippen LogP contribution in [0.15, 0.2) is 24.3 Å². The normalized spacial score (nSPS) is 19.5. The molecule has 1 nitrogen and oxygen atoms in total. The van der Waals surface area contributed by atoms with Gasteiger partial charge in [-0.25, -0.2) is 0 Å². The van der Waals surface area contributed by atoms with Crippen LogP contribution in [0, 0.1) is 0 Å². The number of hydrogen-bond donors (Lipinski definition) is 1. The molecule has 2 N–H and O–H groups in total. The molecule has 1 aliphatic rings. The van der Waals surface area contributed by atoms with Crippen molar-refractivity contribution < 1.29 is 0 Å². The van der Waals surface area contributed by atoms with Gasteiger partial charge in [0.1, 0.15) is 0 Å². The molecular formula is C11H15NS. The molecule has 2 heteroatoms. The predicted octanol–water partition coefficient (Wildman–Crippen LogP) is 2.54. The Morgan fingerprint density at radius 1 is 1.31 bits per heavy atom. The van der Waals surface area contributed by atoms with Crippen molar-refractivity contribution in [1.82, 2.24) is 0 Å². The first kappa shape index (κ1) is 9.10. The van der Waals surface area contributed by atoms with Crippen molar-refractivity contribution in [2.45, 2.75) is 18.9 Å². The molecule has 1 atom stereocenters. The fourth-order valence-electron chi connectivity index (χ4n) is 1.50. The largest absolute Gasteiger partial charge is 0.324 e. The third kappa shape index (κ3) is 1.89. The minimum Gasteiger partial charge on any atom is -0.324 e. The number of thioether (sulfide) groups is 1. The quantitative estimate of drug-likeness (QED) is 0.781. The first-order chi connectivity index (χ1) is 6.27. The Bertz CT molecular complexity index is 275. The van der Waals surface area contributed by atoms with E-state index < -0.39 is 0 Å². The van der Waals surface area contributed by atoms with Gasteiger partial charge < -0.3 is 5.73 Å². The molecule has 1 aliphatic heterocycles. The molecule has 0 aromatic heterocycles. The third-order valence-electron chi connectivity index (χ3n) is 2.57. The third-order valence-corrected chi connectivity index (χ3v) is 3.85. The van der Waals surface area contributed by atoms with E-state index in [1.54, 1.807) is 0 Å². The van der Waals surface area contributed by atoms with Crippen LogP contribution in [0.3, 0.4) is 0 Å². The molecule has 1 aromatic rings. The van der Waals surface area contributed by atoms with Gasteiger partial charge in [-0.1, -0.05) is 24.3 Å². The van der Waals surface area contributed by atoms with Gasteiger partial charge in [0.25, 0.3) is 0 Å². The van der Waals surface area contributed by atoms with Gasteiger partial charge in [-0.2, -0.15) is 11.8 Å². The highest BCUT2D eigenvalue weighted by Gasteiger charge is 2.19. The molecule has 1 fully saturated rings. The molecule has 1 unspecified atom stereocenters. The van der Waals surface area contributed by atoms with Crippen molar-refractivity contribution in [3.63, 3.8) is 0 Å². The van der Waals surface area contributed by atoms with Gasteiger partial charge >= 0.3 is 0 Å². The molecule has 0 spiro atoms. The summed E-state index contributed by atoms with van der Waals surface area (Å²) < 4.78 is 0. The fourth-order valence-corrected chi connectivity index (χ4v) is 2.36. The molecule has 0 aliphatic carbocycles. The van der Waals surface area contributed by atoms with E-state index in [9.17, 15) is 0 Å². The van der Waals surface area contributed by atoms with E-state index >= 15 is 0 Å². The van der Waals surface area contributed by atoms with E-state index in [1.165, 1.54) is 22.6 Å². The Balaban J connectivity index is 2.13. The van der Waals surface area contributed by atoms with Gasteiger partial charge in [-0.15, -0.1) is 0 Å². The topological polar surface area (TPSA) is 26.0 Å². The molecule has 2 rings (SSSR count). The van der Waals surface area contributed by atoms with Crippen LogP contribution in [0.1, 0.15) is 30.0 Å². The zero-order valence-corrected chi connectivity index (χ0v) is 8.68. The lowest BCUT2D eigenvalue weighted by Gasteiger charge is -2.25. The van der Waals surface area contributed by atoms with Crippen molar-refractivity contribution >= 4 is 11.8 Å². The molecule has 0 bridgehead atoms. The molecule has 70 valence electrons. The van der Waals surface area contributed by atoms with Gasteiger partial charge in [0.2, 0.25) is 0 Å². The van der Waals surface area contributed by atoms with Crippen LogP contribution in [0.25, 0.3) is 0 Å². The summed E-state index contributed by atoms with van der Waals surface area (Å²) in [5.74, 6) is 3.38. The Morgan fingerprint density at radius 3 is 2.31 bits per heavy atom. The smallest absolute Gasteiger partial charge is 0.0266 e. The first-order valence-corrected chi connectivity index (χ1v) is 5.86. The van der Waals surface area contributed by atoms with Gasteiger partial charge in [-0.3, -0.25) is 0 Å². The van der Waals surface area contributed by atoms with E-state index in [-0.39, 0.29) is 6.04 Å². The Hall–Kier alpha value is -0.470. The zero-order valence-electron chi connectivity index (χ0n) is 7.86. The first-order valence-electron chi connectivity index (χ1n) is 4.70. The number of rotatable bonds is 2. The maximum atomic E-state index is 5.78. The number of nitrogens with two attached hydrogens (primary N) is 1. The van der Waals surface area contributed by atoms with E-state index in [0.29, 0.717) is 0 Å². The Labute approximate surface area is 83.7 Å². The van der Waals surface area contributed by atoms with Crippen LogP contribution in [-0.4, -0.2) is 11.5 Å². The van der Waals surface area contributed by atoms with E-state index in [4.69, 9.17) is 5.73 Å². The van der Waals surface area contributed by atoms with Crippen molar-refractivity contribution in [2.75, 3.05) is 11.5 Å². The second-order valence-electron chi connectivity index (χ2n) is 3.69. The van der Waals surface area contributed by atoms with Crippen LogP contribution >= 0.6 is 11.8 Å². The van der Waals surface area contributed by atoms with E-state index in [0.717, 1.165) is 5.92 Å². The van der Waals surface area contributed by atoms with Gasteiger partial charge in [0.15, 0.2) is 0 Å². The van der Waals surface area contributed by atoms with Gasteiger partial charge in [0.05, 0.1) is 0 Å². The van der Waals surface area contributed by atoms with Crippen LogP contribution in [0.4, 0.5) is 0 Å². The molecule has 1 aromatic carbocycles. The highest BCUT2D eigenvalue weighted by Crippen LogP contribution is 2.33. The summed E-state index contributed by atoms with van der Waals surface area (Å²) in [6, 6.07) is 8.92. The van der Waals surface area contributed by atoms with Crippen molar-refractivity contribution in [3.05, 3.63) is 35.4 Å². The summed E-state index contributed by atoms with van der Waals surface area (Å²) in [5.41, 5.74) is 8.49. The molecule has 0 saturated carbocycles. The molecule has 1 heterocycles. The van der Waals surface area contributed by atoms with Crippen LogP contribution in [0.2, 0.25) is 0 Å². The molecule has 13 heavy (non-hydrogen) atoms. The summed E-state index contributed by atoms with van der Waals surface area (Å²) in [4.78, 5) is 0. The van der Waals surface area contributed by atoms with Gasteiger partial charge in [0, 0.05) is 23.5 Å². The van der Waals surface area contributed by atoms with Crippen LogP contribution < -0.4 is 5.73 Å². The highest BCUT2D eigenvalue weighted by atomic mass is 32.2. The fraction of sp³-hybridized carbons (Fsp3) is 0.455. The van der Waals surface area contributed by atoms with Crippen molar-refractivity contribution in [1.29, 1.82) is 0 Å². The maximum absolute atomic E-state index is 5.78. The standard InChI is InChI=1S/C11H15NS/c1-8(12)9-2-4-10(5-3-9)11-6-13-7-11/h2-5,8,11H,6-7,12H2,1H3. The predicted molar refractivity (Wildman–Crippen MR) is 59.1 cm³/mol. The number of benzene rings is 1. The lowest BCUT2D eigenvalue weighted by molar-refractivity contribution is 0.809. The lowest BCUT2D eigenvalue weighted by Crippen LogP contribution is -2.15. The second-order valence-corrected chi connectivity index (χ2v) is 4.76.